The minimum Gasteiger partial charge on any atom is -0.484 e. The van der Waals surface area contributed by atoms with Crippen molar-refractivity contribution in [2.75, 3.05) is 13.2 Å². The van der Waals surface area contributed by atoms with Gasteiger partial charge in [-0.1, -0.05) is 0 Å². The van der Waals surface area contributed by atoms with Crippen LogP contribution in [0.5, 0.6) is 5.75 Å². The van der Waals surface area contributed by atoms with E-state index in [0.717, 1.165) is 0 Å². The van der Waals surface area contributed by atoms with Crippen LogP contribution >= 0.6 is 0 Å². The number of nitrogens with one attached hydrogen (secondary N) is 1. The number of ether oxygens (including phenoxy) is 1. The Labute approximate surface area is 116 Å². The molecule has 7 nitrogen and oxygen atoms in total. The average Bonchev–Trinajstić information content (AvgIpc) is 2.41. The largest absolute Gasteiger partial charge is 0.484 e. The van der Waals surface area contributed by atoms with E-state index in [0.29, 0.717) is 25.1 Å². The summed E-state index contributed by atoms with van der Waals surface area (Å²) in [4.78, 5) is 21.4. The Morgan fingerprint density at radius 3 is 2.65 bits per heavy atom. The molecule has 0 heterocycles. The van der Waals surface area contributed by atoms with Crippen molar-refractivity contribution in [2.45, 2.75) is 25.9 Å². The number of hydrogen-bond acceptors (Lipinski definition) is 5. The van der Waals surface area contributed by atoms with E-state index in [-0.39, 0.29) is 24.3 Å². The summed E-state index contributed by atoms with van der Waals surface area (Å²) in [5, 5.41) is 22.2. The topological polar surface area (TPSA) is 102 Å². The number of carbonyl (C=O) groups is 1. The quantitative estimate of drug-likeness (QED) is 0.424. The van der Waals surface area contributed by atoms with E-state index in [4.69, 9.17) is 9.84 Å². The van der Waals surface area contributed by atoms with E-state index < -0.39 is 4.92 Å². The second-order valence-corrected chi connectivity index (χ2v) is 4.38. The molecule has 0 aromatic heterocycles. The zero-order valence-electron chi connectivity index (χ0n) is 11.2. The Bertz CT molecular complexity index is 445. The van der Waals surface area contributed by atoms with Crippen LogP contribution in [0.4, 0.5) is 5.69 Å². The summed E-state index contributed by atoms with van der Waals surface area (Å²) in [6, 6.07) is 5.52. The molecule has 0 bridgehead atoms. The number of aliphatic hydroxyl groups is 1. The van der Waals surface area contributed by atoms with Gasteiger partial charge < -0.3 is 15.2 Å². The van der Waals surface area contributed by atoms with Gasteiger partial charge in [-0.3, -0.25) is 14.9 Å². The fourth-order valence-corrected chi connectivity index (χ4v) is 1.49. The Hall–Kier alpha value is -2.15. The van der Waals surface area contributed by atoms with Crippen molar-refractivity contribution < 1.29 is 19.6 Å². The molecule has 1 rings (SSSR count). The van der Waals surface area contributed by atoms with Crippen molar-refractivity contribution in [2.24, 2.45) is 0 Å². The van der Waals surface area contributed by atoms with Gasteiger partial charge in [0.1, 0.15) is 5.75 Å². The normalized spacial score (nSPS) is 11.7. The van der Waals surface area contributed by atoms with Crippen LogP contribution in [0.25, 0.3) is 0 Å². The van der Waals surface area contributed by atoms with Crippen molar-refractivity contribution >= 4 is 11.6 Å². The van der Waals surface area contributed by atoms with Crippen molar-refractivity contribution in [3.8, 4) is 5.75 Å². The summed E-state index contributed by atoms with van der Waals surface area (Å²) in [6.45, 7) is 2.03. The molecule has 1 amide bonds. The predicted molar refractivity (Wildman–Crippen MR) is 72.5 cm³/mol. The molecule has 0 aliphatic carbocycles. The molecule has 0 aliphatic heterocycles. The third kappa shape index (κ3) is 6.14. The fourth-order valence-electron chi connectivity index (χ4n) is 1.49. The molecule has 0 radical (unpaired) electrons. The molecule has 0 aliphatic rings. The van der Waals surface area contributed by atoms with Crippen LogP contribution in [0.15, 0.2) is 24.3 Å². The van der Waals surface area contributed by atoms with E-state index >= 15 is 0 Å². The molecule has 1 atom stereocenters. The lowest BCUT2D eigenvalue weighted by Crippen LogP contribution is -2.30. The minimum absolute atomic E-state index is 0.0278. The molecular weight excluding hydrogens is 264 g/mol. The van der Waals surface area contributed by atoms with Gasteiger partial charge in [0.15, 0.2) is 6.61 Å². The average molecular weight is 282 g/mol. The van der Waals surface area contributed by atoms with Gasteiger partial charge in [0, 0.05) is 18.7 Å². The molecule has 0 saturated carbocycles. The van der Waals surface area contributed by atoms with E-state index in [9.17, 15) is 14.9 Å². The lowest BCUT2D eigenvalue weighted by atomic mass is 10.2. The Balaban J connectivity index is 2.25. The molecule has 2 N–H and O–H groups in total. The van der Waals surface area contributed by atoms with E-state index in [1.807, 2.05) is 0 Å². The first kappa shape index (κ1) is 15.9. The highest BCUT2D eigenvalue weighted by Crippen LogP contribution is 2.16. The summed E-state index contributed by atoms with van der Waals surface area (Å²) < 4.78 is 5.20. The van der Waals surface area contributed by atoms with Gasteiger partial charge in [-0.05, 0) is 31.9 Å². The number of carbonyl (C=O) groups excluding carboxylic acids is 1. The van der Waals surface area contributed by atoms with Gasteiger partial charge in [-0.15, -0.1) is 0 Å². The van der Waals surface area contributed by atoms with Crippen molar-refractivity contribution in [3.05, 3.63) is 34.4 Å². The maximum atomic E-state index is 11.4. The first-order valence-electron chi connectivity index (χ1n) is 6.31. The lowest BCUT2D eigenvalue weighted by molar-refractivity contribution is -0.384. The minimum atomic E-state index is -0.501. The third-order valence-electron chi connectivity index (χ3n) is 2.54. The number of non-ortho nitro benzene ring substituents is 1. The van der Waals surface area contributed by atoms with Crippen LogP contribution in [0.3, 0.4) is 0 Å². The Morgan fingerprint density at radius 2 is 2.10 bits per heavy atom. The third-order valence-corrected chi connectivity index (χ3v) is 2.54. The summed E-state index contributed by atoms with van der Waals surface area (Å²) in [6.07, 6.45) is 0.952. The predicted octanol–water partition coefficient (Wildman–Crippen LogP) is 1.25. The van der Waals surface area contributed by atoms with Gasteiger partial charge in [0.25, 0.3) is 11.6 Å². The van der Waals surface area contributed by atoms with Crippen molar-refractivity contribution in [1.82, 2.24) is 5.32 Å². The number of amides is 1. The monoisotopic (exact) mass is 282 g/mol. The highest BCUT2D eigenvalue weighted by atomic mass is 16.6. The van der Waals surface area contributed by atoms with Gasteiger partial charge >= 0.3 is 0 Å². The number of hydrogen-bond donors (Lipinski definition) is 2. The van der Waals surface area contributed by atoms with Crippen LogP contribution in [0, 0.1) is 10.1 Å². The summed E-state index contributed by atoms with van der Waals surface area (Å²) >= 11 is 0. The number of nitro benzene ring substituents is 1. The second-order valence-electron chi connectivity index (χ2n) is 4.38. The number of aliphatic hydroxyl groups excluding tert-OH is 1. The summed E-state index contributed by atoms with van der Waals surface area (Å²) in [5.41, 5.74) is -0.0278. The van der Waals surface area contributed by atoms with E-state index in [1.165, 1.54) is 24.3 Å². The zero-order valence-corrected chi connectivity index (χ0v) is 11.2. The molecule has 110 valence electrons. The Kier molecular flexibility index (Phi) is 6.45. The number of rotatable bonds is 8. The van der Waals surface area contributed by atoms with Crippen molar-refractivity contribution in [3.63, 3.8) is 0 Å². The first-order chi connectivity index (χ1) is 9.49. The standard InChI is InChI=1S/C13H18N2O5/c1-10(16)3-2-8-14-13(17)9-20-12-6-4-11(5-7-12)15(18)19/h4-7,10,16H,2-3,8-9H2,1H3,(H,14,17). The van der Waals surface area contributed by atoms with Crippen molar-refractivity contribution in [1.29, 1.82) is 0 Å². The van der Waals surface area contributed by atoms with Crippen LogP contribution in [0.2, 0.25) is 0 Å². The highest BCUT2D eigenvalue weighted by Gasteiger charge is 2.06. The molecule has 0 saturated heterocycles. The molecule has 20 heavy (non-hydrogen) atoms. The molecule has 7 heteroatoms. The van der Waals surface area contributed by atoms with Crippen LogP contribution in [-0.2, 0) is 4.79 Å². The molecule has 1 unspecified atom stereocenters. The summed E-state index contributed by atoms with van der Waals surface area (Å²) in [7, 11) is 0. The number of nitrogens with zero attached hydrogens (tertiary/aromatic N) is 1. The maximum Gasteiger partial charge on any atom is 0.269 e. The van der Waals surface area contributed by atoms with Gasteiger partial charge in [-0.25, -0.2) is 0 Å². The zero-order chi connectivity index (χ0) is 15.0. The van der Waals surface area contributed by atoms with E-state index in [1.54, 1.807) is 6.92 Å². The molecule has 0 spiro atoms. The van der Waals surface area contributed by atoms with Gasteiger partial charge in [0.2, 0.25) is 0 Å². The smallest absolute Gasteiger partial charge is 0.269 e. The number of nitro groups is 1. The molecular formula is C13H18N2O5. The molecule has 0 fully saturated rings. The SMILES string of the molecule is CC(O)CCCNC(=O)COc1ccc([N+](=O)[O-])cc1. The van der Waals surface area contributed by atoms with Crippen LogP contribution in [-0.4, -0.2) is 35.2 Å². The first-order valence-corrected chi connectivity index (χ1v) is 6.31. The number of benzene rings is 1. The second kappa shape index (κ2) is 8.11. The fraction of sp³-hybridized carbons (Fsp3) is 0.462. The molecule has 1 aromatic carbocycles. The van der Waals surface area contributed by atoms with Crippen LogP contribution in [0.1, 0.15) is 19.8 Å². The van der Waals surface area contributed by atoms with Gasteiger partial charge in [0.05, 0.1) is 11.0 Å². The van der Waals surface area contributed by atoms with Crippen LogP contribution < -0.4 is 10.1 Å². The highest BCUT2D eigenvalue weighted by molar-refractivity contribution is 5.77. The summed E-state index contributed by atoms with van der Waals surface area (Å²) in [5.74, 6) is 0.128. The van der Waals surface area contributed by atoms with Gasteiger partial charge in [-0.2, -0.15) is 0 Å². The van der Waals surface area contributed by atoms with E-state index in [2.05, 4.69) is 5.32 Å². The molecule has 1 aromatic rings. The maximum absolute atomic E-state index is 11.4. The Morgan fingerprint density at radius 1 is 1.45 bits per heavy atom. The lowest BCUT2D eigenvalue weighted by Gasteiger charge is -2.08.